The van der Waals surface area contributed by atoms with E-state index in [1.807, 2.05) is 12.1 Å². The molecule has 0 fully saturated rings. The van der Waals surface area contributed by atoms with Crippen LogP contribution in [-0.2, 0) is 0 Å². The van der Waals surface area contributed by atoms with Crippen molar-refractivity contribution in [2.45, 2.75) is 20.8 Å². The number of nitrogens with zero attached hydrogens (tertiary/aromatic N) is 2. The molecular formula is C17H21N3O2. The first-order valence-corrected chi connectivity index (χ1v) is 7.39. The van der Waals surface area contributed by atoms with E-state index < -0.39 is 0 Å². The maximum absolute atomic E-state index is 12.1. The molecule has 0 radical (unpaired) electrons. The molecule has 2 rings (SSSR count). The fraction of sp³-hybridized carbons (Fsp3) is 0.294. The van der Waals surface area contributed by atoms with Crippen LogP contribution in [0.25, 0.3) is 0 Å². The van der Waals surface area contributed by atoms with Crippen LogP contribution in [0.1, 0.15) is 36.9 Å². The number of amides is 1. The van der Waals surface area contributed by atoms with Gasteiger partial charge < -0.3 is 9.32 Å². The van der Waals surface area contributed by atoms with Crippen LogP contribution in [0.4, 0.5) is 5.69 Å². The van der Waals surface area contributed by atoms with Crippen molar-refractivity contribution in [1.29, 1.82) is 0 Å². The lowest BCUT2D eigenvalue weighted by Crippen LogP contribution is -2.22. The van der Waals surface area contributed by atoms with E-state index in [-0.39, 0.29) is 5.91 Å². The van der Waals surface area contributed by atoms with Gasteiger partial charge in [-0.3, -0.25) is 4.79 Å². The van der Waals surface area contributed by atoms with Gasteiger partial charge in [0.1, 0.15) is 11.5 Å². The highest BCUT2D eigenvalue weighted by atomic mass is 16.3. The van der Waals surface area contributed by atoms with Gasteiger partial charge in [0.15, 0.2) is 0 Å². The Balaban J connectivity index is 2.02. The molecule has 0 aliphatic rings. The van der Waals surface area contributed by atoms with Crippen LogP contribution in [0.3, 0.4) is 0 Å². The molecule has 0 aliphatic heterocycles. The first-order chi connectivity index (χ1) is 10.7. The normalized spacial score (nSPS) is 11.3. The summed E-state index contributed by atoms with van der Waals surface area (Å²) in [5.74, 6) is 0.397. The van der Waals surface area contributed by atoms with Crippen molar-refractivity contribution in [2.24, 2.45) is 5.10 Å². The minimum absolute atomic E-state index is 0.239. The highest BCUT2D eigenvalue weighted by Gasteiger charge is 2.07. The standard InChI is InChI=1S/C17H21N3O2/c1-4-20(5-2)15-10-8-14(9-11-15)17(21)19-18-13(3)16-7-6-12-22-16/h6-12H,4-5H2,1-3H3,(H,19,21)/b18-13+. The molecule has 5 nitrogen and oxygen atoms in total. The third-order valence-corrected chi connectivity index (χ3v) is 3.46. The Bertz CT molecular complexity index is 626. The van der Waals surface area contributed by atoms with Crippen LogP contribution in [0.5, 0.6) is 0 Å². The number of carbonyl (C=O) groups is 1. The molecule has 0 unspecified atom stereocenters. The van der Waals surface area contributed by atoms with Crippen LogP contribution in [0.15, 0.2) is 52.2 Å². The van der Waals surface area contributed by atoms with Crippen molar-refractivity contribution in [2.75, 3.05) is 18.0 Å². The van der Waals surface area contributed by atoms with E-state index in [1.54, 1.807) is 37.5 Å². The highest BCUT2D eigenvalue weighted by molar-refractivity contribution is 5.99. The summed E-state index contributed by atoms with van der Waals surface area (Å²) >= 11 is 0. The average molecular weight is 299 g/mol. The summed E-state index contributed by atoms with van der Waals surface area (Å²) in [7, 11) is 0. The molecule has 1 aromatic heterocycles. The molecule has 0 aliphatic carbocycles. The van der Waals surface area contributed by atoms with Gasteiger partial charge in [-0.05, 0) is 57.2 Å². The maximum atomic E-state index is 12.1. The number of furan rings is 1. The Morgan fingerprint density at radius 3 is 2.41 bits per heavy atom. The molecule has 22 heavy (non-hydrogen) atoms. The summed E-state index contributed by atoms with van der Waals surface area (Å²) in [6, 6.07) is 11.1. The number of hydrogen-bond donors (Lipinski definition) is 1. The summed E-state index contributed by atoms with van der Waals surface area (Å²) in [4.78, 5) is 14.3. The number of hydrogen-bond acceptors (Lipinski definition) is 4. The number of benzene rings is 1. The Morgan fingerprint density at radius 1 is 1.18 bits per heavy atom. The van der Waals surface area contributed by atoms with E-state index in [1.165, 1.54) is 0 Å². The molecule has 1 aromatic carbocycles. The second-order valence-corrected chi connectivity index (χ2v) is 4.83. The highest BCUT2D eigenvalue weighted by Crippen LogP contribution is 2.14. The molecule has 2 aromatic rings. The quantitative estimate of drug-likeness (QED) is 0.658. The number of carbonyl (C=O) groups excluding carboxylic acids is 1. The summed E-state index contributed by atoms with van der Waals surface area (Å²) in [5, 5.41) is 4.05. The van der Waals surface area contributed by atoms with E-state index in [0.717, 1.165) is 18.8 Å². The van der Waals surface area contributed by atoms with Gasteiger partial charge in [-0.1, -0.05) is 0 Å². The first kappa shape index (κ1) is 15.8. The lowest BCUT2D eigenvalue weighted by molar-refractivity contribution is 0.0955. The van der Waals surface area contributed by atoms with E-state index in [0.29, 0.717) is 17.0 Å². The topological polar surface area (TPSA) is 57.8 Å². The summed E-state index contributed by atoms with van der Waals surface area (Å²) in [6.07, 6.45) is 1.57. The second-order valence-electron chi connectivity index (χ2n) is 4.83. The van der Waals surface area contributed by atoms with E-state index in [9.17, 15) is 4.79 Å². The van der Waals surface area contributed by atoms with Gasteiger partial charge in [0.2, 0.25) is 0 Å². The minimum Gasteiger partial charge on any atom is -0.463 e. The van der Waals surface area contributed by atoms with Gasteiger partial charge >= 0.3 is 0 Å². The average Bonchev–Trinajstić information content (AvgIpc) is 3.08. The van der Waals surface area contributed by atoms with Crippen LogP contribution in [0.2, 0.25) is 0 Å². The Hall–Kier alpha value is -2.56. The Kier molecular flexibility index (Phi) is 5.36. The van der Waals surface area contributed by atoms with E-state index >= 15 is 0 Å². The van der Waals surface area contributed by atoms with Gasteiger partial charge in [0, 0.05) is 24.3 Å². The van der Waals surface area contributed by atoms with Crippen molar-refractivity contribution >= 4 is 17.3 Å². The predicted octanol–water partition coefficient (Wildman–Crippen LogP) is 3.28. The fourth-order valence-corrected chi connectivity index (χ4v) is 2.15. The lowest BCUT2D eigenvalue weighted by atomic mass is 10.2. The van der Waals surface area contributed by atoms with Gasteiger partial charge in [-0.25, -0.2) is 5.43 Å². The molecule has 1 amide bonds. The second kappa shape index (κ2) is 7.45. The lowest BCUT2D eigenvalue weighted by Gasteiger charge is -2.20. The maximum Gasteiger partial charge on any atom is 0.271 e. The van der Waals surface area contributed by atoms with Crippen LogP contribution < -0.4 is 10.3 Å². The molecule has 0 atom stereocenters. The smallest absolute Gasteiger partial charge is 0.271 e. The largest absolute Gasteiger partial charge is 0.463 e. The van der Waals surface area contributed by atoms with Crippen molar-refractivity contribution < 1.29 is 9.21 Å². The molecular weight excluding hydrogens is 278 g/mol. The first-order valence-electron chi connectivity index (χ1n) is 7.39. The number of hydrazone groups is 1. The molecule has 1 heterocycles. The summed E-state index contributed by atoms with van der Waals surface area (Å²) in [6.45, 7) is 7.87. The predicted molar refractivity (Wildman–Crippen MR) is 88.4 cm³/mol. The third kappa shape index (κ3) is 3.75. The molecule has 0 saturated carbocycles. The van der Waals surface area contributed by atoms with Gasteiger partial charge in [0.25, 0.3) is 5.91 Å². The zero-order valence-electron chi connectivity index (χ0n) is 13.2. The fourth-order valence-electron chi connectivity index (χ4n) is 2.15. The monoisotopic (exact) mass is 299 g/mol. The van der Waals surface area contributed by atoms with E-state index in [2.05, 4.69) is 29.3 Å². The molecule has 0 spiro atoms. The van der Waals surface area contributed by atoms with Crippen molar-refractivity contribution in [3.8, 4) is 0 Å². The Morgan fingerprint density at radius 2 is 1.86 bits per heavy atom. The van der Waals surface area contributed by atoms with Crippen LogP contribution in [0, 0.1) is 0 Å². The molecule has 1 N–H and O–H groups in total. The zero-order valence-corrected chi connectivity index (χ0v) is 13.2. The van der Waals surface area contributed by atoms with Crippen LogP contribution in [-0.4, -0.2) is 24.7 Å². The van der Waals surface area contributed by atoms with Gasteiger partial charge in [-0.15, -0.1) is 0 Å². The van der Waals surface area contributed by atoms with Gasteiger partial charge in [-0.2, -0.15) is 5.10 Å². The number of anilines is 1. The number of rotatable bonds is 6. The van der Waals surface area contributed by atoms with Gasteiger partial charge in [0.05, 0.1) is 6.26 Å². The minimum atomic E-state index is -0.239. The SMILES string of the molecule is CCN(CC)c1ccc(C(=O)N/N=C(\C)c2ccco2)cc1. The van der Waals surface area contributed by atoms with Crippen molar-refractivity contribution in [3.63, 3.8) is 0 Å². The van der Waals surface area contributed by atoms with Crippen LogP contribution >= 0.6 is 0 Å². The number of nitrogens with one attached hydrogen (secondary N) is 1. The third-order valence-electron chi connectivity index (χ3n) is 3.46. The molecule has 116 valence electrons. The summed E-state index contributed by atoms with van der Waals surface area (Å²) < 4.78 is 5.21. The summed E-state index contributed by atoms with van der Waals surface area (Å²) in [5.41, 5.74) is 4.85. The van der Waals surface area contributed by atoms with Crippen molar-refractivity contribution in [1.82, 2.24) is 5.43 Å². The Labute approximate surface area is 130 Å². The molecule has 0 saturated heterocycles. The molecule has 5 heteroatoms. The zero-order chi connectivity index (χ0) is 15.9. The van der Waals surface area contributed by atoms with Crippen molar-refractivity contribution in [3.05, 3.63) is 54.0 Å². The molecule has 0 bridgehead atoms. The van der Waals surface area contributed by atoms with E-state index in [4.69, 9.17) is 4.42 Å².